The Bertz CT molecular complexity index is 1310. The van der Waals surface area contributed by atoms with Crippen LogP contribution in [0.5, 0.6) is 0 Å². The molecule has 0 aliphatic heterocycles. The first-order chi connectivity index (χ1) is 13.9. The third kappa shape index (κ3) is 4.24. The Morgan fingerprint density at radius 2 is 1.76 bits per heavy atom. The maximum absolute atomic E-state index is 12.6. The molecule has 0 atom stereocenters. The highest BCUT2D eigenvalue weighted by Crippen LogP contribution is 2.28. The Kier molecular flexibility index (Phi) is 5.23. The Hall–Kier alpha value is -2.94. The molecule has 0 fully saturated rings. The SMILES string of the molecule is O=C(NO)c1cc2cc(NS(=O)(=O)CCc3cccc4ccccc34)ccc2s1. The first-order valence-corrected chi connectivity index (χ1v) is 11.4. The molecule has 1 heterocycles. The number of hydrogen-bond donors (Lipinski definition) is 3. The number of carbonyl (C=O) groups excluding carboxylic acids is 1. The Morgan fingerprint density at radius 3 is 2.59 bits per heavy atom. The summed E-state index contributed by atoms with van der Waals surface area (Å²) in [7, 11) is -3.55. The van der Waals surface area contributed by atoms with E-state index < -0.39 is 15.9 Å². The van der Waals surface area contributed by atoms with E-state index in [1.54, 1.807) is 29.7 Å². The van der Waals surface area contributed by atoms with Gasteiger partial charge < -0.3 is 0 Å². The zero-order chi connectivity index (χ0) is 20.4. The van der Waals surface area contributed by atoms with Crippen molar-refractivity contribution in [3.63, 3.8) is 0 Å². The lowest BCUT2D eigenvalue weighted by molar-refractivity contribution is 0.0711. The second kappa shape index (κ2) is 7.82. The van der Waals surface area contributed by atoms with E-state index in [0.29, 0.717) is 17.0 Å². The van der Waals surface area contributed by atoms with Crippen LogP contribution in [0.15, 0.2) is 66.7 Å². The normalized spacial score (nSPS) is 11.6. The van der Waals surface area contributed by atoms with Crippen molar-refractivity contribution >= 4 is 53.8 Å². The summed E-state index contributed by atoms with van der Waals surface area (Å²) >= 11 is 1.22. The van der Waals surface area contributed by atoms with Gasteiger partial charge in [-0.1, -0.05) is 42.5 Å². The van der Waals surface area contributed by atoms with E-state index >= 15 is 0 Å². The van der Waals surface area contributed by atoms with Crippen LogP contribution in [0.25, 0.3) is 20.9 Å². The molecule has 6 nitrogen and oxygen atoms in total. The van der Waals surface area contributed by atoms with Crippen molar-refractivity contribution in [3.05, 3.63) is 77.2 Å². The highest BCUT2D eigenvalue weighted by molar-refractivity contribution is 7.92. The number of sulfonamides is 1. The van der Waals surface area contributed by atoms with E-state index in [1.807, 2.05) is 42.5 Å². The molecule has 29 heavy (non-hydrogen) atoms. The minimum absolute atomic E-state index is 0.0408. The van der Waals surface area contributed by atoms with Gasteiger partial charge in [0.1, 0.15) is 0 Å². The first-order valence-electron chi connectivity index (χ1n) is 8.90. The molecular formula is C21H18N2O4S2. The monoisotopic (exact) mass is 426 g/mol. The number of benzene rings is 3. The van der Waals surface area contributed by atoms with E-state index in [4.69, 9.17) is 5.21 Å². The van der Waals surface area contributed by atoms with Crippen LogP contribution in [-0.4, -0.2) is 25.3 Å². The van der Waals surface area contributed by atoms with E-state index in [2.05, 4.69) is 4.72 Å². The second-order valence-corrected chi connectivity index (χ2v) is 9.54. The largest absolute Gasteiger partial charge is 0.288 e. The van der Waals surface area contributed by atoms with Gasteiger partial charge in [-0.05, 0) is 52.4 Å². The number of hydroxylamine groups is 1. The van der Waals surface area contributed by atoms with Gasteiger partial charge in [0.25, 0.3) is 5.91 Å². The molecule has 148 valence electrons. The Morgan fingerprint density at radius 1 is 0.966 bits per heavy atom. The number of anilines is 1. The molecular weight excluding hydrogens is 408 g/mol. The summed E-state index contributed by atoms with van der Waals surface area (Å²) in [4.78, 5) is 11.9. The van der Waals surface area contributed by atoms with Gasteiger partial charge in [0.15, 0.2) is 0 Å². The van der Waals surface area contributed by atoms with Crippen LogP contribution in [0.3, 0.4) is 0 Å². The fourth-order valence-electron chi connectivity index (χ4n) is 3.26. The summed E-state index contributed by atoms with van der Waals surface area (Å²) in [6.45, 7) is 0. The molecule has 3 N–H and O–H groups in total. The van der Waals surface area contributed by atoms with Crippen molar-refractivity contribution in [1.29, 1.82) is 0 Å². The number of thiophene rings is 1. The van der Waals surface area contributed by atoms with E-state index in [9.17, 15) is 13.2 Å². The molecule has 1 amide bonds. The van der Waals surface area contributed by atoms with Crippen LogP contribution in [0.1, 0.15) is 15.2 Å². The van der Waals surface area contributed by atoms with Gasteiger partial charge in [0.05, 0.1) is 10.6 Å². The molecule has 0 aliphatic carbocycles. The number of carbonyl (C=O) groups is 1. The first kappa shape index (κ1) is 19.4. The summed E-state index contributed by atoms with van der Waals surface area (Å²) in [6.07, 6.45) is 0.401. The minimum atomic E-state index is -3.55. The zero-order valence-corrected chi connectivity index (χ0v) is 16.9. The van der Waals surface area contributed by atoms with Crippen LogP contribution >= 0.6 is 11.3 Å². The molecule has 8 heteroatoms. The van der Waals surface area contributed by atoms with Crippen LogP contribution in [-0.2, 0) is 16.4 Å². The average Bonchev–Trinajstić information content (AvgIpc) is 3.15. The number of aryl methyl sites for hydroxylation is 1. The highest BCUT2D eigenvalue weighted by Gasteiger charge is 2.14. The minimum Gasteiger partial charge on any atom is -0.288 e. The fraction of sp³-hybridized carbons (Fsp3) is 0.0952. The molecule has 0 spiro atoms. The average molecular weight is 427 g/mol. The van der Waals surface area contributed by atoms with E-state index in [-0.39, 0.29) is 5.75 Å². The number of amides is 1. The molecule has 0 radical (unpaired) electrons. The van der Waals surface area contributed by atoms with Gasteiger partial charge in [-0.25, -0.2) is 13.9 Å². The van der Waals surface area contributed by atoms with Gasteiger partial charge in [-0.2, -0.15) is 0 Å². The fourth-order valence-corrected chi connectivity index (χ4v) is 5.27. The predicted molar refractivity (Wildman–Crippen MR) is 116 cm³/mol. The number of fused-ring (bicyclic) bond motifs is 2. The van der Waals surface area contributed by atoms with E-state index in [0.717, 1.165) is 26.4 Å². The van der Waals surface area contributed by atoms with Crippen LogP contribution in [0.4, 0.5) is 5.69 Å². The highest BCUT2D eigenvalue weighted by atomic mass is 32.2. The van der Waals surface area contributed by atoms with E-state index in [1.165, 1.54) is 11.3 Å². The number of rotatable bonds is 6. The van der Waals surface area contributed by atoms with Crippen molar-refractivity contribution in [2.45, 2.75) is 6.42 Å². The molecule has 0 unspecified atom stereocenters. The summed E-state index contributed by atoms with van der Waals surface area (Å²) in [5, 5.41) is 11.6. The Balaban J connectivity index is 1.51. The third-order valence-corrected chi connectivity index (χ3v) is 7.04. The molecule has 1 aromatic heterocycles. The van der Waals surface area contributed by atoms with Crippen molar-refractivity contribution in [2.24, 2.45) is 0 Å². The standard InChI is InChI=1S/C21H18N2O4S2/c24-21(22-25)20-13-16-12-17(8-9-19(16)28-20)23-29(26,27)11-10-15-6-3-5-14-4-1-2-7-18(14)15/h1-9,12-13,23,25H,10-11H2,(H,22,24). The molecule has 3 aromatic carbocycles. The van der Waals surface area contributed by atoms with Gasteiger partial charge in [0, 0.05) is 10.4 Å². The van der Waals surface area contributed by atoms with Gasteiger partial charge in [-0.3, -0.25) is 14.7 Å². The quantitative estimate of drug-likeness (QED) is 0.319. The number of nitrogens with one attached hydrogen (secondary N) is 2. The predicted octanol–water partition coefficient (Wildman–Crippen LogP) is 4.16. The lowest BCUT2D eigenvalue weighted by Crippen LogP contribution is -2.18. The molecule has 0 bridgehead atoms. The van der Waals surface area contributed by atoms with Gasteiger partial charge >= 0.3 is 0 Å². The zero-order valence-electron chi connectivity index (χ0n) is 15.3. The van der Waals surface area contributed by atoms with Gasteiger partial charge in [-0.15, -0.1) is 11.3 Å². The molecule has 4 rings (SSSR count). The van der Waals surface area contributed by atoms with Crippen molar-refractivity contribution in [2.75, 3.05) is 10.5 Å². The summed E-state index contributed by atoms with van der Waals surface area (Å²) < 4.78 is 28.6. The summed E-state index contributed by atoms with van der Waals surface area (Å²) in [6, 6.07) is 20.5. The smallest absolute Gasteiger partial charge is 0.284 e. The molecule has 0 aliphatic rings. The lowest BCUT2D eigenvalue weighted by Gasteiger charge is -2.10. The summed E-state index contributed by atoms with van der Waals surface area (Å²) in [5.74, 6) is -0.635. The lowest BCUT2D eigenvalue weighted by atomic mass is 10.0. The second-order valence-electron chi connectivity index (χ2n) is 6.61. The molecule has 0 saturated heterocycles. The van der Waals surface area contributed by atoms with Crippen molar-refractivity contribution in [1.82, 2.24) is 5.48 Å². The third-order valence-electron chi connectivity index (χ3n) is 4.64. The Labute approximate surface area is 171 Å². The van der Waals surface area contributed by atoms with Crippen LogP contribution in [0, 0.1) is 0 Å². The maximum atomic E-state index is 12.6. The molecule has 0 saturated carbocycles. The van der Waals surface area contributed by atoms with Crippen molar-refractivity contribution < 1.29 is 18.4 Å². The van der Waals surface area contributed by atoms with Crippen LogP contribution in [0.2, 0.25) is 0 Å². The van der Waals surface area contributed by atoms with Gasteiger partial charge in [0.2, 0.25) is 10.0 Å². The molecule has 4 aromatic rings. The van der Waals surface area contributed by atoms with Crippen LogP contribution < -0.4 is 10.2 Å². The maximum Gasteiger partial charge on any atom is 0.284 e. The number of hydrogen-bond acceptors (Lipinski definition) is 5. The summed E-state index contributed by atoms with van der Waals surface area (Å²) in [5.41, 5.74) is 3.02. The van der Waals surface area contributed by atoms with Crippen molar-refractivity contribution in [3.8, 4) is 0 Å². The topological polar surface area (TPSA) is 95.5 Å².